The number of alkyl halides is 3. The number of hydrogen-bond acceptors (Lipinski definition) is 4. The van der Waals surface area contributed by atoms with Crippen LogP contribution < -0.4 is 5.32 Å². The maximum Gasteiger partial charge on any atom is 0.491 e. The van der Waals surface area contributed by atoms with E-state index in [2.05, 4.69) is 5.32 Å². The standard InChI is InChI=1S/C18H23BF3NO4/c1-16(2)17(3,4)27-19(26-16)13(10-23-5)9-11-8-12(18(20,21)22)6-7-14(11)15(24)25/h6-9,23H,10H2,1-5H3,(H,24,25). The zero-order chi connectivity index (χ0) is 20.6. The van der Waals surface area contributed by atoms with Crippen molar-refractivity contribution in [1.29, 1.82) is 0 Å². The summed E-state index contributed by atoms with van der Waals surface area (Å²) >= 11 is 0. The molecule has 148 valence electrons. The summed E-state index contributed by atoms with van der Waals surface area (Å²) in [5.74, 6) is -1.31. The highest BCUT2D eigenvalue weighted by Gasteiger charge is 2.52. The molecule has 0 atom stereocenters. The van der Waals surface area contributed by atoms with Crippen molar-refractivity contribution in [3.05, 3.63) is 40.4 Å². The van der Waals surface area contributed by atoms with Crippen LogP contribution in [0.25, 0.3) is 6.08 Å². The minimum absolute atomic E-state index is 0.0581. The van der Waals surface area contributed by atoms with Crippen molar-refractivity contribution in [2.24, 2.45) is 0 Å². The van der Waals surface area contributed by atoms with Crippen molar-refractivity contribution in [2.45, 2.75) is 45.1 Å². The summed E-state index contributed by atoms with van der Waals surface area (Å²) in [7, 11) is 0.863. The first-order valence-corrected chi connectivity index (χ1v) is 8.44. The van der Waals surface area contributed by atoms with E-state index < -0.39 is 36.0 Å². The number of carboxylic acids is 1. The Balaban J connectivity index is 2.53. The monoisotopic (exact) mass is 385 g/mol. The fraction of sp³-hybridized carbons (Fsp3) is 0.500. The molecular formula is C18H23BF3NO4. The third-order valence-electron chi connectivity index (χ3n) is 4.89. The zero-order valence-corrected chi connectivity index (χ0v) is 15.9. The highest BCUT2D eigenvalue weighted by atomic mass is 19.4. The molecule has 1 fully saturated rings. The Morgan fingerprint density at radius 1 is 1.22 bits per heavy atom. The molecule has 1 aliphatic rings. The van der Waals surface area contributed by atoms with Crippen LogP contribution in [-0.4, -0.2) is 43.0 Å². The van der Waals surface area contributed by atoms with Crippen molar-refractivity contribution in [1.82, 2.24) is 5.32 Å². The van der Waals surface area contributed by atoms with Gasteiger partial charge >= 0.3 is 19.3 Å². The van der Waals surface area contributed by atoms with Crippen LogP contribution in [0, 0.1) is 0 Å². The van der Waals surface area contributed by atoms with Gasteiger partial charge < -0.3 is 19.7 Å². The normalized spacial score (nSPS) is 19.4. The fourth-order valence-electron chi connectivity index (χ4n) is 2.65. The second-order valence-electron chi connectivity index (χ2n) is 7.44. The van der Waals surface area contributed by atoms with Crippen LogP contribution in [0.1, 0.15) is 49.2 Å². The summed E-state index contributed by atoms with van der Waals surface area (Å²) in [6.07, 6.45) is -3.19. The SMILES string of the molecule is CNCC(=Cc1cc(C(F)(F)F)ccc1C(=O)O)B1OC(C)(C)C(C)(C)O1. The summed E-state index contributed by atoms with van der Waals surface area (Å²) in [4.78, 5) is 11.5. The largest absolute Gasteiger partial charge is 0.491 e. The van der Waals surface area contributed by atoms with Crippen molar-refractivity contribution >= 4 is 19.2 Å². The van der Waals surface area contributed by atoms with Gasteiger partial charge in [-0.25, -0.2) is 4.79 Å². The smallest absolute Gasteiger partial charge is 0.478 e. The first-order valence-electron chi connectivity index (χ1n) is 8.44. The number of halogens is 3. The summed E-state index contributed by atoms with van der Waals surface area (Å²) in [5.41, 5.74) is -1.97. The van der Waals surface area contributed by atoms with Gasteiger partial charge in [0.05, 0.1) is 22.3 Å². The number of aromatic carboxylic acids is 1. The van der Waals surface area contributed by atoms with E-state index in [4.69, 9.17) is 9.31 Å². The maximum atomic E-state index is 13.1. The Labute approximate surface area is 156 Å². The lowest BCUT2D eigenvalue weighted by molar-refractivity contribution is -0.137. The number of benzene rings is 1. The van der Waals surface area contributed by atoms with Gasteiger partial charge in [0.25, 0.3) is 0 Å². The van der Waals surface area contributed by atoms with E-state index in [-0.39, 0.29) is 17.7 Å². The summed E-state index contributed by atoms with van der Waals surface area (Å²) < 4.78 is 51.1. The molecule has 2 N–H and O–H groups in total. The molecule has 9 heteroatoms. The minimum atomic E-state index is -4.58. The number of nitrogens with one attached hydrogen (secondary N) is 1. The lowest BCUT2D eigenvalue weighted by Gasteiger charge is -2.32. The number of rotatable bonds is 5. The van der Waals surface area contributed by atoms with E-state index >= 15 is 0 Å². The number of hydrogen-bond donors (Lipinski definition) is 2. The molecule has 1 aromatic rings. The summed E-state index contributed by atoms with van der Waals surface area (Å²) in [5, 5.41) is 12.3. The molecule has 0 aromatic heterocycles. The topological polar surface area (TPSA) is 67.8 Å². The summed E-state index contributed by atoms with van der Waals surface area (Å²) in [6, 6.07) is 2.54. The Morgan fingerprint density at radius 3 is 2.22 bits per heavy atom. The molecule has 1 aliphatic heterocycles. The Hall–Kier alpha value is -1.84. The lowest BCUT2D eigenvalue weighted by Crippen LogP contribution is -2.41. The van der Waals surface area contributed by atoms with Gasteiger partial charge in [-0.05, 0) is 64.0 Å². The maximum absolute atomic E-state index is 13.1. The van der Waals surface area contributed by atoms with Gasteiger partial charge in [-0.2, -0.15) is 13.2 Å². The number of carboxylic acid groups (broad SMARTS) is 1. The van der Waals surface area contributed by atoms with E-state index in [1.807, 2.05) is 27.7 Å². The highest BCUT2D eigenvalue weighted by Crippen LogP contribution is 2.39. The van der Waals surface area contributed by atoms with Gasteiger partial charge in [0, 0.05) is 6.54 Å². The lowest BCUT2D eigenvalue weighted by atomic mass is 9.76. The molecule has 0 unspecified atom stereocenters. The van der Waals surface area contributed by atoms with Crippen LogP contribution in [0.15, 0.2) is 23.7 Å². The van der Waals surface area contributed by atoms with E-state index in [1.54, 1.807) is 7.05 Å². The van der Waals surface area contributed by atoms with Crippen LogP contribution in [0.3, 0.4) is 0 Å². The molecule has 1 saturated heterocycles. The predicted molar refractivity (Wildman–Crippen MR) is 96.4 cm³/mol. The number of carbonyl (C=O) groups is 1. The van der Waals surface area contributed by atoms with Crippen molar-refractivity contribution < 1.29 is 32.4 Å². The predicted octanol–water partition coefficient (Wildman–Crippen LogP) is 3.64. The highest BCUT2D eigenvalue weighted by molar-refractivity contribution is 6.56. The summed E-state index contributed by atoms with van der Waals surface area (Å²) in [6.45, 7) is 7.69. The van der Waals surface area contributed by atoms with E-state index in [1.165, 1.54) is 6.08 Å². The second kappa shape index (κ2) is 7.29. The third kappa shape index (κ3) is 4.53. The van der Waals surface area contributed by atoms with Crippen molar-refractivity contribution in [2.75, 3.05) is 13.6 Å². The second-order valence-corrected chi connectivity index (χ2v) is 7.44. The number of likely N-dealkylation sites (N-methyl/N-ethyl adjacent to an activating group) is 1. The van der Waals surface area contributed by atoms with Gasteiger partial charge in [-0.3, -0.25) is 0 Å². The Kier molecular flexibility index (Phi) is 5.80. The van der Waals surface area contributed by atoms with Crippen LogP contribution in [0.2, 0.25) is 0 Å². The molecule has 5 nitrogen and oxygen atoms in total. The van der Waals surface area contributed by atoms with Crippen LogP contribution in [0.5, 0.6) is 0 Å². The first kappa shape index (κ1) is 21.5. The van der Waals surface area contributed by atoms with Gasteiger partial charge in [-0.1, -0.05) is 6.08 Å². The molecule has 0 saturated carbocycles. The first-order chi connectivity index (χ1) is 12.3. The average Bonchev–Trinajstić information content (AvgIpc) is 2.73. The fourth-order valence-corrected chi connectivity index (χ4v) is 2.65. The third-order valence-corrected chi connectivity index (χ3v) is 4.89. The van der Waals surface area contributed by atoms with E-state index in [9.17, 15) is 23.1 Å². The molecule has 27 heavy (non-hydrogen) atoms. The van der Waals surface area contributed by atoms with E-state index in [0.29, 0.717) is 5.47 Å². The minimum Gasteiger partial charge on any atom is -0.478 e. The van der Waals surface area contributed by atoms with Gasteiger partial charge in [0.1, 0.15) is 0 Å². The Bertz CT molecular complexity index is 743. The van der Waals surface area contributed by atoms with Crippen molar-refractivity contribution in [3.8, 4) is 0 Å². The van der Waals surface area contributed by atoms with Crippen molar-refractivity contribution in [3.63, 3.8) is 0 Å². The molecule has 0 amide bonds. The van der Waals surface area contributed by atoms with E-state index in [0.717, 1.165) is 18.2 Å². The zero-order valence-electron chi connectivity index (χ0n) is 15.9. The Morgan fingerprint density at radius 2 is 1.78 bits per heavy atom. The molecule has 0 bridgehead atoms. The molecule has 0 aliphatic carbocycles. The molecule has 0 radical (unpaired) electrons. The molecule has 2 rings (SSSR count). The molecule has 1 heterocycles. The average molecular weight is 385 g/mol. The van der Waals surface area contributed by atoms with Gasteiger partial charge in [0.15, 0.2) is 0 Å². The van der Waals surface area contributed by atoms with Crippen LogP contribution in [-0.2, 0) is 15.5 Å². The van der Waals surface area contributed by atoms with Gasteiger partial charge in [-0.15, -0.1) is 0 Å². The van der Waals surface area contributed by atoms with Crippen LogP contribution >= 0.6 is 0 Å². The van der Waals surface area contributed by atoms with Gasteiger partial charge in [0.2, 0.25) is 0 Å². The quantitative estimate of drug-likeness (QED) is 0.758. The molecule has 0 spiro atoms. The molecule has 1 aromatic carbocycles. The molecular weight excluding hydrogens is 362 g/mol. The van der Waals surface area contributed by atoms with Crippen LogP contribution in [0.4, 0.5) is 13.2 Å².